The van der Waals surface area contributed by atoms with Gasteiger partial charge in [0.15, 0.2) is 12.6 Å². The molecule has 0 aliphatic heterocycles. The molecule has 2 atom stereocenters. The average molecular weight is 365 g/mol. The second-order valence-electron chi connectivity index (χ2n) is 6.79. The van der Waals surface area contributed by atoms with E-state index in [4.69, 9.17) is 5.26 Å². The molecule has 27 heavy (non-hydrogen) atoms. The lowest BCUT2D eigenvalue weighted by Gasteiger charge is -2.21. The van der Waals surface area contributed by atoms with Crippen molar-refractivity contribution in [1.29, 1.82) is 5.26 Å². The number of benzene rings is 2. The van der Waals surface area contributed by atoms with Gasteiger partial charge in [0.1, 0.15) is 0 Å². The molecule has 1 unspecified atom stereocenters. The molecule has 2 rings (SSSR count). The van der Waals surface area contributed by atoms with Gasteiger partial charge in [-0.2, -0.15) is 5.26 Å². The number of aryl methyl sites for hydroxylation is 2. The van der Waals surface area contributed by atoms with E-state index in [1.807, 2.05) is 45.2 Å². The molecular formula is C21H25N4O2+. The fourth-order valence-electron chi connectivity index (χ4n) is 2.57. The summed E-state index contributed by atoms with van der Waals surface area (Å²) < 4.78 is 0. The van der Waals surface area contributed by atoms with Gasteiger partial charge in [0.2, 0.25) is 0 Å². The number of hydrogen-bond acceptors (Lipinski definition) is 3. The van der Waals surface area contributed by atoms with Gasteiger partial charge in [-0.15, -0.1) is 0 Å². The summed E-state index contributed by atoms with van der Waals surface area (Å²) in [5.74, 6) is -0.323. The SMILES string of the molecule is Cc1ccc(C)c(NC(=O)C[NH+](C)[C@H](C)C(=O)Nc2ccc(C#N)cc2)c1. The first-order valence-corrected chi connectivity index (χ1v) is 8.80. The Morgan fingerprint density at radius 1 is 1.11 bits per heavy atom. The minimum atomic E-state index is -0.412. The van der Waals surface area contributed by atoms with Gasteiger partial charge >= 0.3 is 0 Å². The van der Waals surface area contributed by atoms with E-state index in [0.717, 1.165) is 21.7 Å². The van der Waals surface area contributed by atoms with E-state index < -0.39 is 6.04 Å². The topological polar surface area (TPSA) is 86.4 Å². The molecule has 6 heteroatoms. The highest BCUT2D eigenvalue weighted by Crippen LogP contribution is 2.15. The van der Waals surface area contributed by atoms with E-state index in [9.17, 15) is 9.59 Å². The van der Waals surface area contributed by atoms with Gasteiger partial charge in [-0.3, -0.25) is 9.59 Å². The fourth-order valence-corrected chi connectivity index (χ4v) is 2.57. The van der Waals surface area contributed by atoms with Crippen molar-refractivity contribution in [2.75, 3.05) is 24.2 Å². The molecule has 140 valence electrons. The lowest BCUT2D eigenvalue weighted by atomic mass is 10.1. The number of nitrogens with zero attached hydrogens (tertiary/aromatic N) is 1. The van der Waals surface area contributed by atoms with Crippen LogP contribution >= 0.6 is 0 Å². The van der Waals surface area contributed by atoms with E-state index in [-0.39, 0.29) is 18.4 Å². The first-order chi connectivity index (χ1) is 12.8. The van der Waals surface area contributed by atoms with Crippen LogP contribution in [0.25, 0.3) is 0 Å². The van der Waals surface area contributed by atoms with Crippen LogP contribution in [0.15, 0.2) is 42.5 Å². The standard InChI is InChI=1S/C21H24N4O2/c1-14-5-6-15(2)19(11-14)24-20(26)13-25(4)16(3)21(27)23-18-9-7-17(12-22)8-10-18/h5-11,16H,13H2,1-4H3,(H,23,27)(H,24,26)/p+1/t16-/m1/s1. The Hall–Kier alpha value is -3.17. The Kier molecular flexibility index (Phi) is 6.69. The summed E-state index contributed by atoms with van der Waals surface area (Å²) in [6.07, 6.45) is 0. The molecule has 0 aliphatic carbocycles. The molecule has 0 saturated carbocycles. The van der Waals surface area contributed by atoms with Gasteiger partial charge in [0.05, 0.1) is 18.7 Å². The Morgan fingerprint density at radius 3 is 2.41 bits per heavy atom. The van der Waals surface area contributed by atoms with Crippen LogP contribution in [0.5, 0.6) is 0 Å². The number of nitriles is 1. The van der Waals surface area contributed by atoms with Crippen LogP contribution in [0.3, 0.4) is 0 Å². The highest BCUT2D eigenvalue weighted by molar-refractivity contribution is 5.94. The van der Waals surface area contributed by atoms with Gasteiger partial charge < -0.3 is 15.5 Å². The lowest BCUT2D eigenvalue weighted by molar-refractivity contribution is -0.885. The zero-order chi connectivity index (χ0) is 20.0. The molecule has 0 saturated heterocycles. The molecule has 2 aromatic rings. The Morgan fingerprint density at radius 2 is 1.78 bits per heavy atom. The second-order valence-corrected chi connectivity index (χ2v) is 6.79. The van der Waals surface area contributed by atoms with Gasteiger partial charge in [0, 0.05) is 11.4 Å². The fraction of sp³-hybridized carbons (Fsp3) is 0.286. The van der Waals surface area contributed by atoms with Crippen LogP contribution in [-0.4, -0.2) is 31.4 Å². The molecule has 0 aliphatic rings. The zero-order valence-electron chi connectivity index (χ0n) is 16.1. The van der Waals surface area contributed by atoms with Gasteiger partial charge in [-0.1, -0.05) is 12.1 Å². The van der Waals surface area contributed by atoms with Crippen molar-refractivity contribution in [3.05, 3.63) is 59.2 Å². The van der Waals surface area contributed by atoms with Crippen molar-refractivity contribution < 1.29 is 14.5 Å². The first kappa shape index (κ1) is 20.1. The predicted octanol–water partition coefficient (Wildman–Crippen LogP) is 1.66. The third kappa shape index (κ3) is 5.66. The summed E-state index contributed by atoms with van der Waals surface area (Å²) in [5.41, 5.74) is 4.03. The lowest BCUT2D eigenvalue weighted by Crippen LogP contribution is -3.14. The van der Waals surface area contributed by atoms with Crippen LogP contribution in [-0.2, 0) is 9.59 Å². The average Bonchev–Trinajstić information content (AvgIpc) is 2.64. The number of carbonyl (C=O) groups is 2. The number of quaternary nitrogens is 1. The number of nitrogens with one attached hydrogen (secondary N) is 3. The Bertz CT molecular complexity index is 869. The number of rotatable bonds is 6. The normalized spacial score (nSPS) is 12.6. The van der Waals surface area contributed by atoms with Crippen molar-refractivity contribution in [2.45, 2.75) is 26.8 Å². The van der Waals surface area contributed by atoms with Crippen LogP contribution in [0.4, 0.5) is 11.4 Å². The third-order valence-electron chi connectivity index (χ3n) is 4.52. The number of amides is 2. The number of likely N-dealkylation sites (N-methyl/N-ethyl adjacent to an activating group) is 1. The van der Waals surface area contributed by atoms with Crippen molar-refractivity contribution >= 4 is 23.2 Å². The molecule has 0 fully saturated rings. The summed E-state index contributed by atoms with van der Waals surface area (Å²) in [7, 11) is 1.81. The van der Waals surface area contributed by atoms with Crippen molar-refractivity contribution in [2.24, 2.45) is 0 Å². The van der Waals surface area contributed by atoms with Crippen LogP contribution in [0.1, 0.15) is 23.6 Å². The smallest absolute Gasteiger partial charge is 0.282 e. The van der Waals surface area contributed by atoms with Gasteiger partial charge in [-0.05, 0) is 62.2 Å². The van der Waals surface area contributed by atoms with Gasteiger partial charge in [0.25, 0.3) is 11.8 Å². The maximum absolute atomic E-state index is 12.4. The molecule has 0 spiro atoms. The summed E-state index contributed by atoms with van der Waals surface area (Å²) in [5, 5.41) is 14.5. The molecule has 0 radical (unpaired) electrons. The molecular weight excluding hydrogens is 340 g/mol. The molecule has 3 N–H and O–H groups in total. The monoisotopic (exact) mass is 365 g/mol. The van der Waals surface area contributed by atoms with E-state index in [1.165, 1.54) is 0 Å². The maximum Gasteiger partial charge on any atom is 0.282 e. The molecule has 0 bridgehead atoms. The second kappa shape index (κ2) is 8.97. The summed E-state index contributed by atoms with van der Waals surface area (Å²) in [6, 6.07) is 14.2. The number of hydrogen-bond donors (Lipinski definition) is 3. The summed E-state index contributed by atoms with van der Waals surface area (Å²) in [4.78, 5) is 25.5. The molecule has 2 aromatic carbocycles. The zero-order valence-corrected chi connectivity index (χ0v) is 16.1. The van der Waals surface area contributed by atoms with Crippen LogP contribution < -0.4 is 15.5 Å². The summed E-state index contributed by atoms with van der Waals surface area (Å²) in [6.45, 7) is 5.87. The number of carbonyl (C=O) groups excluding carboxylic acids is 2. The van der Waals surface area contributed by atoms with Crippen LogP contribution in [0, 0.1) is 25.2 Å². The minimum Gasteiger partial charge on any atom is -0.321 e. The molecule has 2 amide bonds. The Balaban J connectivity index is 1.92. The maximum atomic E-state index is 12.4. The molecule has 0 aromatic heterocycles. The highest BCUT2D eigenvalue weighted by Gasteiger charge is 2.24. The van der Waals surface area contributed by atoms with Crippen molar-refractivity contribution in [3.63, 3.8) is 0 Å². The largest absolute Gasteiger partial charge is 0.321 e. The first-order valence-electron chi connectivity index (χ1n) is 8.80. The van der Waals surface area contributed by atoms with Gasteiger partial charge in [-0.25, -0.2) is 0 Å². The Labute approximate surface area is 159 Å². The summed E-state index contributed by atoms with van der Waals surface area (Å²) >= 11 is 0. The minimum absolute atomic E-state index is 0.140. The van der Waals surface area contributed by atoms with Crippen molar-refractivity contribution in [1.82, 2.24) is 0 Å². The predicted molar refractivity (Wildman–Crippen MR) is 106 cm³/mol. The number of anilines is 2. The quantitative estimate of drug-likeness (QED) is 0.728. The van der Waals surface area contributed by atoms with E-state index in [1.54, 1.807) is 31.2 Å². The van der Waals surface area contributed by atoms with Crippen molar-refractivity contribution in [3.8, 4) is 6.07 Å². The van der Waals surface area contributed by atoms with Crippen LogP contribution in [0.2, 0.25) is 0 Å². The molecule has 6 nitrogen and oxygen atoms in total. The third-order valence-corrected chi connectivity index (χ3v) is 4.52. The van der Waals surface area contributed by atoms with E-state index in [2.05, 4.69) is 10.6 Å². The molecule has 0 heterocycles. The van der Waals surface area contributed by atoms with E-state index >= 15 is 0 Å². The van der Waals surface area contributed by atoms with E-state index in [0.29, 0.717) is 11.3 Å². The highest BCUT2D eigenvalue weighted by atomic mass is 16.2.